The predicted molar refractivity (Wildman–Crippen MR) is 35.1 cm³/mol. The highest BCUT2D eigenvalue weighted by Gasteiger charge is 1.88. The van der Waals surface area contributed by atoms with Gasteiger partial charge in [-0.2, -0.15) is 0 Å². The first-order chi connectivity index (χ1) is 3.39. The molecule has 2 nitrogen and oxygen atoms in total. The van der Waals surface area contributed by atoms with Crippen LogP contribution in [0.3, 0.4) is 0 Å². The van der Waals surface area contributed by atoms with Crippen LogP contribution in [0.25, 0.3) is 0 Å². The van der Waals surface area contributed by atoms with Crippen molar-refractivity contribution in [2.45, 2.75) is 0 Å². The summed E-state index contributed by atoms with van der Waals surface area (Å²) in [7, 11) is 0. The zero-order chi connectivity index (χ0) is 5.11. The molecule has 0 spiro atoms. The third kappa shape index (κ3) is 1.89. The quantitative estimate of drug-likeness (QED) is 0.516. The molecule has 0 radical (unpaired) electrons. The van der Waals surface area contributed by atoms with Crippen molar-refractivity contribution in [3.63, 3.8) is 0 Å². The lowest BCUT2D eigenvalue weighted by molar-refractivity contribution is 0.369. The molecule has 2 N–H and O–H groups in total. The standard InChI is InChI=1S/C5H7NO.ClH/c7-5-3-1-2-4-6-5;/h1-3,6-7H,4H2;1H. The first kappa shape index (κ1) is 7.37. The van der Waals surface area contributed by atoms with E-state index in [1.807, 2.05) is 12.2 Å². The minimum absolute atomic E-state index is 0. The maximum absolute atomic E-state index is 8.61. The van der Waals surface area contributed by atoms with Gasteiger partial charge in [0.15, 0.2) is 5.88 Å². The summed E-state index contributed by atoms with van der Waals surface area (Å²) in [6.45, 7) is 0.738. The van der Waals surface area contributed by atoms with Crippen LogP contribution in [0.2, 0.25) is 0 Å². The third-order valence-electron chi connectivity index (χ3n) is 0.791. The molecule has 1 aliphatic heterocycles. The van der Waals surface area contributed by atoms with Crippen LogP contribution in [0.15, 0.2) is 24.1 Å². The van der Waals surface area contributed by atoms with Gasteiger partial charge in [0.2, 0.25) is 0 Å². The second kappa shape index (κ2) is 3.38. The number of allylic oxidation sites excluding steroid dienone is 2. The highest BCUT2D eigenvalue weighted by atomic mass is 35.5. The summed E-state index contributed by atoms with van der Waals surface area (Å²) in [6.07, 6.45) is 5.36. The van der Waals surface area contributed by atoms with Crippen molar-refractivity contribution in [2.24, 2.45) is 0 Å². The van der Waals surface area contributed by atoms with Crippen molar-refractivity contribution in [3.05, 3.63) is 24.1 Å². The van der Waals surface area contributed by atoms with Gasteiger partial charge in [0.25, 0.3) is 0 Å². The predicted octanol–water partition coefficient (Wildman–Crippen LogP) is 0.967. The summed E-state index contributed by atoms with van der Waals surface area (Å²) in [4.78, 5) is 0. The minimum Gasteiger partial charge on any atom is -0.495 e. The van der Waals surface area contributed by atoms with E-state index >= 15 is 0 Å². The third-order valence-corrected chi connectivity index (χ3v) is 0.791. The smallest absolute Gasteiger partial charge is 0.184 e. The van der Waals surface area contributed by atoms with Gasteiger partial charge in [-0.25, -0.2) is 0 Å². The Morgan fingerprint density at radius 3 is 2.62 bits per heavy atom. The average molecular weight is 134 g/mol. The largest absolute Gasteiger partial charge is 0.495 e. The van der Waals surface area contributed by atoms with Crippen LogP contribution in [0.1, 0.15) is 0 Å². The second-order valence-corrected chi connectivity index (χ2v) is 1.36. The zero-order valence-electron chi connectivity index (χ0n) is 4.29. The molecule has 0 amide bonds. The number of aliphatic hydroxyl groups is 1. The Balaban J connectivity index is 0.000000490. The molecule has 0 aromatic rings. The molecular weight excluding hydrogens is 126 g/mol. The highest BCUT2D eigenvalue weighted by molar-refractivity contribution is 5.85. The van der Waals surface area contributed by atoms with Crippen LogP contribution in [-0.4, -0.2) is 11.7 Å². The normalized spacial score (nSPS) is 15.8. The van der Waals surface area contributed by atoms with E-state index in [-0.39, 0.29) is 18.3 Å². The zero-order valence-corrected chi connectivity index (χ0v) is 5.11. The van der Waals surface area contributed by atoms with Crippen LogP contribution in [0.5, 0.6) is 0 Å². The van der Waals surface area contributed by atoms with Crippen molar-refractivity contribution < 1.29 is 5.11 Å². The first-order valence-corrected chi connectivity index (χ1v) is 2.19. The molecule has 8 heavy (non-hydrogen) atoms. The van der Waals surface area contributed by atoms with E-state index in [0.717, 1.165) is 6.54 Å². The fourth-order valence-electron chi connectivity index (χ4n) is 0.450. The number of nitrogens with one attached hydrogen (secondary N) is 1. The molecule has 0 saturated carbocycles. The van der Waals surface area contributed by atoms with Gasteiger partial charge in [0.05, 0.1) is 0 Å². The van der Waals surface area contributed by atoms with Gasteiger partial charge < -0.3 is 10.4 Å². The lowest BCUT2D eigenvalue weighted by Crippen LogP contribution is -2.14. The van der Waals surface area contributed by atoms with E-state index in [2.05, 4.69) is 5.32 Å². The Morgan fingerprint density at radius 2 is 2.38 bits per heavy atom. The molecule has 1 aliphatic rings. The second-order valence-electron chi connectivity index (χ2n) is 1.36. The molecule has 0 aromatic carbocycles. The van der Waals surface area contributed by atoms with E-state index in [9.17, 15) is 0 Å². The van der Waals surface area contributed by atoms with Gasteiger partial charge in [-0.15, -0.1) is 12.4 Å². The van der Waals surface area contributed by atoms with Crippen molar-refractivity contribution in [1.29, 1.82) is 0 Å². The van der Waals surface area contributed by atoms with E-state index < -0.39 is 0 Å². The monoisotopic (exact) mass is 133 g/mol. The Hall–Kier alpha value is -0.630. The molecule has 0 unspecified atom stereocenters. The van der Waals surface area contributed by atoms with Crippen molar-refractivity contribution in [2.75, 3.05) is 6.54 Å². The SMILES string of the molecule is Cl.OC1=CC=CCN1. The number of hydrogen-bond donors (Lipinski definition) is 2. The molecule has 0 atom stereocenters. The first-order valence-electron chi connectivity index (χ1n) is 2.19. The van der Waals surface area contributed by atoms with Gasteiger partial charge in [0.1, 0.15) is 0 Å². The number of hydrogen-bond acceptors (Lipinski definition) is 2. The van der Waals surface area contributed by atoms with E-state index in [1.165, 1.54) is 0 Å². The minimum atomic E-state index is 0. The summed E-state index contributed by atoms with van der Waals surface area (Å²) in [6, 6.07) is 0. The maximum atomic E-state index is 8.61. The van der Waals surface area contributed by atoms with Crippen molar-refractivity contribution >= 4 is 12.4 Å². The van der Waals surface area contributed by atoms with E-state index in [1.54, 1.807) is 6.08 Å². The number of dihydropyridines is 1. The number of aliphatic hydroxyl groups excluding tert-OH is 1. The van der Waals surface area contributed by atoms with Crippen LogP contribution in [0.4, 0.5) is 0 Å². The Kier molecular flexibility index (Phi) is 3.12. The topological polar surface area (TPSA) is 32.3 Å². The van der Waals surface area contributed by atoms with Gasteiger partial charge in [-0.3, -0.25) is 0 Å². The molecule has 0 bridgehead atoms. The summed E-state index contributed by atoms with van der Waals surface area (Å²) < 4.78 is 0. The lowest BCUT2D eigenvalue weighted by Gasteiger charge is -2.02. The molecule has 3 heteroatoms. The Morgan fingerprint density at radius 1 is 1.62 bits per heavy atom. The molecule has 1 rings (SSSR count). The molecule has 0 saturated heterocycles. The molecule has 0 fully saturated rings. The van der Waals surface area contributed by atoms with Crippen LogP contribution < -0.4 is 5.32 Å². The van der Waals surface area contributed by atoms with Crippen LogP contribution in [-0.2, 0) is 0 Å². The molecule has 46 valence electrons. The average Bonchev–Trinajstić information content (AvgIpc) is 1.69. The van der Waals surface area contributed by atoms with Crippen LogP contribution in [0, 0.1) is 0 Å². The van der Waals surface area contributed by atoms with E-state index in [4.69, 9.17) is 5.11 Å². The molecule has 1 heterocycles. The summed E-state index contributed by atoms with van der Waals surface area (Å²) in [5.41, 5.74) is 0. The summed E-state index contributed by atoms with van der Waals surface area (Å²) in [5, 5.41) is 11.3. The lowest BCUT2D eigenvalue weighted by atomic mass is 10.4. The summed E-state index contributed by atoms with van der Waals surface area (Å²) in [5.74, 6) is 0.252. The van der Waals surface area contributed by atoms with Gasteiger partial charge in [0, 0.05) is 6.54 Å². The van der Waals surface area contributed by atoms with Gasteiger partial charge in [-0.05, 0) is 6.08 Å². The fraction of sp³-hybridized carbons (Fsp3) is 0.200. The molecule has 0 aliphatic carbocycles. The Bertz CT molecular complexity index is 120. The summed E-state index contributed by atoms with van der Waals surface area (Å²) >= 11 is 0. The fourth-order valence-corrected chi connectivity index (χ4v) is 0.450. The van der Waals surface area contributed by atoms with Gasteiger partial charge >= 0.3 is 0 Å². The highest BCUT2D eigenvalue weighted by Crippen LogP contribution is 1.88. The number of rotatable bonds is 0. The Labute approximate surface area is 54.3 Å². The number of halogens is 1. The maximum Gasteiger partial charge on any atom is 0.184 e. The van der Waals surface area contributed by atoms with Gasteiger partial charge in [-0.1, -0.05) is 12.2 Å². The van der Waals surface area contributed by atoms with E-state index in [0.29, 0.717) is 0 Å². The molecule has 0 aromatic heterocycles. The van der Waals surface area contributed by atoms with Crippen molar-refractivity contribution in [1.82, 2.24) is 5.32 Å². The molecular formula is C5H8ClNO. The van der Waals surface area contributed by atoms with Crippen molar-refractivity contribution in [3.8, 4) is 0 Å². The van der Waals surface area contributed by atoms with Crippen LogP contribution >= 0.6 is 12.4 Å².